The topological polar surface area (TPSA) is 17.8 Å². The van der Waals surface area contributed by atoms with Crippen molar-refractivity contribution in [3.05, 3.63) is 17.0 Å². The minimum Gasteiger partial charge on any atom is -0.269 e. The van der Waals surface area contributed by atoms with E-state index in [0.29, 0.717) is 0 Å². The molecule has 0 aliphatic heterocycles. The number of aromatic nitrogens is 2. The van der Waals surface area contributed by atoms with Crippen molar-refractivity contribution in [2.45, 2.75) is 53.5 Å². The van der Waals surface area contributed by atoms with Gasteiger partial charge in [0.2, 0.25) is 0 Å². The molecule has 1 rings (SSSR count). The molecule has 0 radical (unpaired) electrons. The van der Waals surface area contributed by atoms with Crippen molar-refractivity contribution in [2.24, 2.45) is 0 Å². The van der Waals surface area contributed by atoms with E-state index in [9.17, 15) is 0 Å². The van der Waals surface area contributed by atoms with E-state index in [1.54, 1.807) is 0 Å². The van der Waals surface area contributed by atoms with Gasteiger partial charge in [-0.25, -0.2) is 0 Å². The molecule has 1 aromatic rings. The molecule has 13 heavy (non-hydrogen) atoms. The predicted molar refractivity (Wildman–Crippen MR) is 56.0 cm³/mol. The summed E-state index contributed by atoms with van der Waals surface area (Å²) in [4.78, 5) is 0. The highest BCUT2D eigenvalue weighted by molar-refractivity contribution is 5.23. The smallest absolute Gasteiger partial charge is 0.0625 e. The molecular weight excluding hydrogens is 160 g/mol. The predicted octanol–water partition coefficient (Wildman–Crippen LogP) is 2.86. The summed E-state index contributed by atoms with van der Waals surface area (Å²) in [5, 5.41) is 4.54. The molecule has 0 unspecified atom stereocenters. The molecule has 0 fully saturated rings. The third-order valence-corrected chi connectivity index (χ3v) is 2.48. The van der Waals surface area contributed by atoms with Gasteiger partial charge in [-0.2, -0.15) is 5.10 Å². The Balaban J connectivity index is 2.96. The molecule has 0 saturated heterocycles. The summed E-state index contributed by atoms with van der Waals surface area (Å²) in [5.74, 6) is 0. The molecule has 0 aromatic carbocycles. The van der Waals surface area contributed by atoms with Crippen LogP contribution in [0.25, 0.3) is 0 Å². The Bertz CT molecular complexity index is 274. The Morgan fingerprint density at radius 1 is 1.15 bits per heavy atom. The Morgan fingerprint density at radius 3 is 2.38 bits per heavy atom. The number of nitrogens with zero attached hydrogens (tertiary/aromatic N) is 2. The summed E-state index contributed by atoms with van der Waals surface area (Å²) in [5.41, 5.74) is 4.01. The number of rotatable bonds is 4. The van der Waals surface area contributed by atoms with Gasteiger partial charge in [-0.15, -0.1) is 0 Å². The van der Waals surface area contributed by atoms with Crippen molar-refractivity contribution in [2.75, 3.05) is 0 Å². The van der Waals surface area contributed by atoms with Gasteiger partial charge < -0.3 is 0 Å². The van der Waals surface area contributed by atoms with Gasteiger partial charge in [0.15, 0.2) is 0 Å². The lowest BCUT2D eigenvalue weighted by Gasteiger charge is -2.05. The lowest BCUT2D eigenvalue weighted by atomic mass is 10.1. The number of hydrogen-bond donors (Lipinski definition) is 0. The average molecular weight is 180 g/mol. The van der Waals surface area contributed by atoms with Crippen LogP contribution in [0.2, 0.25) is 0 Å². The van der Waals surface area contributed by atoms with Crippen molar-refractivity contribution in [3.8, 4) is 0 Å². The second-order valence-electron chi connectivity index (χ2n) is 3.63. The first-order valence-corrected chi connectivity index (χ1v) is 5.23. The summed E-state index contributed by atoms with van der Waals surface area (Å²) in [6.07, 6.45) is 3.53. The molecule has 0 N–H and O–H groups in total. The molecule has 0 aliphatic rings. The molecule has 0 spiro atoms. The van der Waals surface area contributed by atoms with Gasteiger partial charge in [-0.05, 0) is 32.3 Å². The Labute approximate surface area is 81.0 Å². The van der Waals surface area contributed by atoms with Crippen molar-refractivity contribution in [1.29, 1.82) is 0 Å². The molecule has 74 valence electrons. The first-order chi connectivity index (χ1) is 6.20. The summed E-state index contributed by atoms with van der Waals surface area (Å²) >= 11 is 0. The summed E-state index contributed by atoms with van der Waals surface area (Å²) in [6, 6.07) is 0. The number of aryl methyl sites for hydroxylation is 2. The van der Waals surface area contributed by atoms with Crippen LogP contribution in [0.5, 0.6) is 0 Å². The Hall–Kier alpha value is -0.790. The highest BCUT2D eigenvalue weighted by Crippen LogP contribution is 2.14. The zero-order valence-corrected chi connectivity index (χ0v) is 9.22. The molecule has 0 saturated carbocycles. The van der Waals surface area contributed by atoms with Crippen LogP contribution in [0.3, 0.4) is 0 Å². The van der Waals surface area contributed by atoms with Crippen LogP contribution in [0.4, 0.5) is 0 Å². The molecule has 1 heterocycles. The fraction of sp³-hybridized carbons (Fsp3) is 0.727. The van der Waals surface area contributed by atoms with Crippen molar-refractivity contribution < 1.29 is 0 Å². The Kier molecular flexibility index (Phi) is 3.52. The van der Waals surface area contributed by atoms with Crippen LogP contribution in [-0.2, 0) is 13.0 Å². The normalized spacial score (nSPS) is 10.8. The second-order valence-corrected chi connectivity index (χ2v) is 3.63. The molecule has 0 amide bonds. The van der Waals surface area contributed by atoms with Gasteiger partial charge in [-0.3, -0.25) is 4.68 Å². The largest absolute Gasteiger partial charge is 0.269 e. The molecular formula is C11H20N2. The van der Waals surface area contributed by atoms with Crippen molar-refractivity contribution in [3.63, 3.8) is 0 Å². The average Bonchev–Trinajstić information content (AvgIpc) is 2.34. The van der Waals surface area contributed by atoms with Gasteiger partial charge in [0.25, 0.3) is 0 Å². The van der Waals surface area contributed by atoms with Crippen LogP contribution >= 0.6 is 0 Å². The van der Waals surface area contributed by atoms with E-state index in [1.165, 1.54) is 23.4 Å². The van der Waals surface area contributed by atoms with Crippen LogP contribution < -0.4 is 0 Å². The molecule has 2 heteroatoms. The fourth-order valence-corrected chi connectivity index (χ4v) is 1.67. The quantitative estimate of drug-likeness (QED) is 0.696. The third-order valence-electron chi connectivity index (χ3n) is 2.48. The lowest BCUT2D eigenvalue weighted by molar-refractivity contribution is 0.566. The van der Waals surface area contributed by atoms with Crippen LogP contribution in [0.15, 0.2) is 0 Å². The van der Waals surface area contributed by atoms with Gasteiger partial charge in [0.05, 0.1) is 5.69 Å². The molecule has 2 nitrogen and oxygen atoms in total. The summed E-state index contributed by atoms with van der Waals surface area (Å²) in [7, 11) is 0. The first kappa shape index (κ1) is 10.3. The minimum atomic E-state index is 1.06. The van der Waals surface area contributed by atoms with Gasteiger partial charge in [-0.1, -0.05) is 20.3 Å². The third kappa shape index (κ3) is 2.11. The second kappa shape index (κ2) is 4.45. The van der Waals surface area contributed by atoms with E-state index in [2.05, 4.69) is 37.5 Å². The molecule has 0 atom stereocenters. The van der Waals surface area contributed by atoms with Crippen LogP contribution in [-0.4, -0.2) is 9.78 Å². The first-order valence-electron chi connectivity index (χ1n) is 5.23. The maximum absolute atomic E-state index is 4.54. The zero-order chi connectivity index (χ0) is 9.84. The van der Waals surface area contributed by atoms with Gasteiger partial charge >= 0.3 is 0 Å². The maximum atomic E-state index is 4.54. The van der Waals surface area contributed by atoms with Crippen LogP contribution in [0, 0.1) is 13.8 Å². The SMILES string of the molecule is CCCc1c(C)c(C)nn1CCC. The van der Waals surface area contributed by atoms with E-state index in [4.69, 9.17) is 0 Å². The van der Waals surface area contributed by atoms with E-state index in [-0.39, 0.29) is 0 Å². The minimum absolute atomic E-state index is 1.06. The highest BCUT2D eigenvalue weighted by atomic mass is 15.3. The lowest BCUT2D eigenvalue weighted by Crippen LogP contribution is -2.04. The molecule has 1 aromatic heterocycles. The standard InChI is InChI=1S/C11H20N2/c1-5-7-11-9(3)10(4)12-13(11)8-6-2/h5-8H2,1-4H3. The van der Waals surface area contributed by atoms with E-state index in [1.807, 2.05) is 0 Å². The maximum Gasteiger partial charge on any atom is 0.0625 e. The van der Waals surface area contributed by atoms with E-state index in [0.717, 1.165) is 19.4 Å². The fourth-order valence-electron chi connectivity index (χ4n) is 1.67. The van der Waals surface area contributed by atoms with E-state index < -0.39 is 0 Å². The highest BCUT2D eigenvalue weighted by Gasteiger charge is 2.09. The zero-order valence-electron chi connectivity index (χ0n) is 9.22. The van der Waals surface area contributed by atoms with Crippen molar-refractivity contribution in [1.82, 2.24) is 9.78 Å². The summed E-state index contributed by atoms with van der Waals surface area (Å²) in [6.45, 7) is 9.75. The van der Waals surface area contributed by atoms with Gasteiger partial charge in [0.1, 0.15) is 0 Å². The van der Waals surface area contributed by atoms with Crippen LogP contribution in [0.1, 0.15) is 43.6 Å². The van der Waals surface area contributed by atoms with Gasteiger partial charge in [0, 0.05) is 12.2 Å². The molecule has 0 bridgehead atoms. The summed E-state index contributed by atoms with van der Waals surface area (Å²) < 4.78 is 2.17. The Morgan fingerprint density at radius 2 is 1.85 bits per heavy atom. The number of hydrogen-bond acceptors (Lipinski definition) is 1. The molecule has 0 aliphatic carbocycles. The monoisotopic (exact) mass is 180 g/mol. The van der Waals surface area contributed by atoms with E-state index >= 15 is 0 Å². The van der Waals surface area contributed by atoms with Crippen molar-refractivity contribution >= 4 is 0 Å².